The summed E-state index contributed by atoms with van der Waals surface area (Å²) >= 11 is 1.60. The normalized spacial score (nSPS) is 22.5. The van der Waals surface area contributed by atoms with E-state index in [1.165, 1.54) is 4.88 Å². The van der Waals surface area contributed by atoms with Crippen molar-refractivity contribution in [3.05, 3.63) is 15.6 Å². The van der Waals surface area contributed by atoms with E-state index in [1.54, 1.807) is 11.3 Å². The first kappa shape index (κ1) is 15.0. The Morgan fingerprint density at radius 2 is 1.85 bits per heavy atom. The van der Waals surface area contributed by atoms with Crippen LogP contribution in [0.25, 0.3) is 0 Å². The van der Waals surface area contributed by atoms with Crippen LogP contribution in [0.1, 0.15) is 41.3 Å². The van der Waals surface area contributed by atoms with Crippen LogP contribution in [0.15, 0.2) is 0 Å². The molecule has 0 aromatic carbocycles. The van der Waals surface area contributed by atoms with Crippen LogP contribution in [0.4, 0.5) is 0 Å². The highest BCUT2D eigenvalue weighted by Gasteiger charge is 2.29. The molecule has 1 aromatic heterocycles. The summed E-state index contributed by atoms with van der Waals surface area (Å²) in [5.74, 6) is -1.03. The Morgan fingerprint density at radius 1 is 1.25 bits per heavy atom. The Labute approximate surface area is 122 Å². The maximum atomic E-state index is 12.1. The zero-order chi connectivity index (χ0) is 14.7. The van der Waals surface area contributed by atoms with Crippen molar-refractivity contribution < 1.29 is 14.7 Å². The summed E-state index contributed by atoms with van der Waals surface area (Å²) in [6, 6.07) is 0. The summed E-state index contributed by atoms with van der Waals surface area (Å²) in [6.07, 6.45) is 2.53. The number of aryl methyl sites for hydroxylation is 2. The Kier molecular flexibility index (Phi) is 4.75. The predicted molar refractivity (Wildman–Crippen MR) is 76.5 cm³/mol. The molecule has 1 aliphatic carbocycles. The lowest BCUT2D eigenvalue weighted by Crippen LogP contribution is -2.34. The van der Waals surface area contributed by atoms with E-state index in [9.17, 15) is 9.59 Å². The van der Waals surface area contributed by atoms with E-state index in [4.69, 9.17) is 5.11 Å². The number of carbonyl (C=O) groups excluding carboxylic acids is 1. The number of amides is 1. The molecule has 2 rings (SSSR count). The minimum atomic E-state index is -0.738. The highest BCUT2D eigenvalue weighted by Crippen LogP contribution is 2.29. The average molecular weight is 296 g/mol. The Bertz CT molecular complexity index is 485. The molecule has 0 unspecified atom stereocenters. The van der Waals surface area contributed by atoms with Crippen molar-refractivity contribution in [2.45, 2.75) is 46.1 Å². The number of carbonyl (C=O) groups is 2. The lowest BCUT2D eigenvalue weighted by atomic mass is 9.81. The fourth-order valence-corrected chi connectivity index (χ4v) is 3.40. The maximum absolute atomic E-state index is 12.1. The Hall–Kier alpha value is -1.43. The van der Waals surface area contributed by atoms with Crippen molar-refractivity contribution >= 4 is 23.2 Å². The smallest absolute Gasteiger partial charge is 0.306 e. The van der Waals surface area contributed by atoms with Gasteiger partial charge in [0.2, 0.25) is 5.91 Å². The van der Waals surface area contributed by atoms with Crippen molar-refractivity contribution in [1.29, 1.82) is 0 Å². The minimum absolute atomic E-state index is 0.0272. The summed E-state index contributed by atoms with van der Waals surface area (Å²) in [6.45, 7) is 4.45. The van der Waals surface area contributed by atoms with Gasteiger partial charge in [-0.3, -0.25) is 9.59 Å². The first-order valence-corrected chi connectivity index (χ1v) is 7.72. The zero-order valence-corrected chi connectivity index (χ0v) is 12.6. The number of thiazole rings is 1. The number of aliphatic carboxylic acids is 1. The molecule has 1 fully saturated rings. The quantitative estimate of drug-likeness (QED) is 0.893. The molecule has 1 aliphatic rings. The van der Waals surface area contributed by atoms with Gasteiger partial charge in [-0.2, -0.15) is 0 Å². The molecule has 0 bridgehead atoms. The number of rotatable bonds is 4. The molecule has 0 saturated heterocycles. The van der Waals surface area contributed by atoms with Gasteiger partial charge in [-0.25, -0.2) is 4.98 Å². The Morgan fingerprint density at radius 3 is 2.35 bits per heavy atom. The van der Waals surface area contributed by atoms with Crippen molar-refractivity contribution in [2.75, 3.05) is 0 Å². The van der Waals surface area contributed by atoms with Gasteiger partial charge in [0.15, 0.2) is 0 Å². The second-order valence-corrected chi connectivity index (χ2v) is 6.64. The molecule has 0 atom stereocenters. The number of carboxylic acids is 1. The first-order valence-electron chi connectivity index (χ1n) is 6.90. The van der Waals surface area contributed by atoms with Gasteiger partial charge in [0, 0.05) is 10.8 Å². The maximum Gasteiger partial charge on any atom is 0.306 e. The van der Waals surface area contributed by atoms with Crippen LogP contribution in [0.3, 0.4) is 0 Å². The molecule has 0 aliphatic heterocycles. The monoisotopic (exact) mass is 296 g/mol. The second-order valence-electron chi connectivity index (χ2n) is 5.35. The molecule has 0 radical (unpaired) electrons. The van der Waals surface area contributed by atoms with Crippen LogP contribution >= 0.6 is 11.3 Å². The molecule has 1 aromatic rings. The van der Waals surface area contributed by atoms with Gasteiger partial charge in [0.05, 0.1) is 18.2 Å². The molecule has 20 heavy (non-hydrogen) atoms. The van der Waals surface area contributed by atoms with E-state index in [1.807, 2.05) is 13.8 Å². The van der Waals surface area contributed by atoms with Gasteiger partial charge in [-0.15, -0.1) is 11.3 Å². The molecular weight excluding hydrogens is 276 g/mol. The lowest BCUT2D eigenvalue weighted by molar-refractivity contribution is -0.144. The molecular formula is C14H20N2O3S. The Balaban J connectivity index is 1.80. The topological polar surface area (TPSA) is 79.3 Å². The standard InChI is InChI=1S/C14H20N2O3S/c1-8-9(2)20-12(16-8)7-15-13(17)10-3-5-11(6-4-10)14(18)19/h10-11H,3-7H2,1-2H3,(H,15,17)(H,18,19). The highest BCUT2D eigenvalue weighted by molar-refractivity contribution is 7.11. The van der Waals surface area contributed by atoms with Crippen molar-refractivity contribution in [1.82, 2.24) is 10.3 Å². The largest absolute Gasteiger partial charge is 0.481 e. The fourth-order valence-electron chi connectivity index (χ4n) is 2.52. The zero-order valence-electron chi connectivity index (χ0n) is 11.8. The number of nitrogens with zero attached hydrogens (tertiary/aromatic N) is 1. The number of hydrogen-bond acceptors (Lipinski definition) is 4. The van der Waals surface area contributed by atoms with Crippen LogP contribution in [0, 0.1) is 25.7 Å². The second kappa shape index (κ2) is 6.35. The van der Waals surface area contributed by atoms with Gasteiger partial charge in [0.25, 0.3) is 0 Å². The average Bonchev–Trinajstić information content (AvgIpc) is 2.75. The summed E-state index contributed by atoms with van der Waals surface area (Å²) in [5.41, 5.74) is 1.02. The third kappa shape index (κ3) is 3.56. The van der Waals surface area contributed by atoms with Crippen molar-refractivity contribution in [3.63, 3.8) is 0 Å². The van der Waals surface area contributed by atoms with E-state index in [-0.39, 0.29) is 17.7 Å². The van der Waals surface area contributed by atoms with E-state index in [2.05, 4.69) is 10.3 Å². The minimum Gasteiger partial charge on any atom is -0.481 e. The SMILES string of the molecule is Cc1nc(CNC(=O)C2CCC(C(=O)O)CC2)sc1C. The van der Waals surface area contributed by atoms with Gasteiger partial charge in [-0.1, -0.05) is 0 Å². The molecule has 1 heterocycles. The van der Waals surface area contributed by atoms with Gasteiger partial charge in [-0.05, 0) is 39.5 Å². The molecule has 0 spiro atoms. The highest BCUT2D eigenvalue weighted by atomic mass is 32.1. The van der Waals surface area contributed by atoms with E-state index in [0.717, 1.165) is 10.7 Å². The van der Waals surface area contributed by atoms with Crippen LogP contribution in [-0.2, 0) is 16.1 Å². The summed E-state index contributed by atoms with van der Waals surface area (Å²) in [4.78, 5) is 28.5. The van der Waals surface area contributed by atoms with E-state index >= 15 is 0 Å². The van der Waals surface area contributed by atoms with Crippen LogP contribution in [-0.4, -0.2) is 22.0 Å². The van der Waals surface area contributed by atoms with Gasteiger partial charge >= 0.3 is 5.97 Å². The van der Waals surface area contributed by atoms with Crippen molar-refractivity contribution in [3.8, 4) is 0 Å². The number of aromatic nitrogens is 1. The lowest BCUT2D eigenvalue weighted by Gasteiger charge is -2.25. The van der Waals surface area contributed by atoms with Crippen LogP contribution in [0.2, 0.25) is 0 Å². The predicted octanol–water partition coefficient (Wildman–Crippen LogP) is 2.27. The number of nitrogens with one attached hydrogen (secondary N) is 1. The summed E-state index contributed by atoms with van der Waals surface area (Å²) < 4.78 is 0. The molecule has 110 valence electrons. The van der Waals surface area contributed by atoms with Gasteiger partial charge < -0.3 is 10.4 Å². The van der Waals surface area contributed by atoms with E-state index < -0.39 is 5.97 Å². The molecule has 5 nitrogen and oxygen atoms in total. The summed E-state index contributed by atoms with van der Waals surface area (Å²) in [7, 11) is 0. The first-order chi connectivity index (χ1) is 9.47. The van der Waals surface area contributed by atoms with Crippen LogP contribution in [0.5, 0.6) is 0 Å². The van der Waals surface area contributed by atoms with E-state index in [0.29, 0.717) is 32.2 Å². The molecule has 1 saturated carbocycles. The molecule has 6 heteroatoms. The third-order valence-electron chi connectivity index (χ3n) is 3.93. The third-order valence-corrected chi connectivity index (χ3v) is 5.01. The molecule has 2 N–H and O–H groups in total. The molecule has 1 amide bonds. The van der Waals surface area contributed by atoms with Crippen molar-refractivity contribution in [2.24, 2.45) is 11.8 Å². The van der Waals surface area contributed by atoms with Gasteiger partial charge in [0.1, 0.15) is 5.01 Å². The number of hydrogen-bond donors (Lipinski definition) is 2. The fraction of sp³-hybridized carbons (Fsp3) is 0.643. The summed E-state index contributed by atoms with van der Waals surface area (Å²) in [5, 5.41) is 12.8. The number of carboxylic acid groups (broad SMARTS) is 1. The van der Waals surface area contributed by atoms with Crippen LogP contribution < -0.4 is 5.32 Å².